The van der Waals surface area contributed by atoms with Crippen LogP contribution in [-0.2, 0) is 4.74 Å². The van der Waals surface area contributed by atoms with E-state index in [1.165, 1.54) is 6.07 Å². The van der Waals surface area contributed by atoms with Gasteiger partial charge in [-0.2, -0.15) is 0 Å². The number of aliphatic hydroxyl groups is 3. The average molecular weight is 530 g/mol. The summed E-state index contributed by atoms with van der Waals surface area (Å²) in [5, 5.41) is 41.1. The Bertz CT molecular complexity index is 1730. The molecule has 2 fully saturated rings. The third kappa shape index (κ3) is 4.92. The lowest BCUT2D eigenvalue weighted by Crippen LogP contribution is -2.33. The number of ether oxygens (including phenoxy) is 1. The largest absolute Gasteiger partial charge is 0.394 e. The molecule has 0 aliphatic heterocycles. The standard InChI is InChI=1S/C24H31FN6O4S/c1-3-8-36-24-27-22(26-16-10-14(16)13-5-4-12(2)15(25)9-13)19-23(28-24)31(30-29-19)17-11-18(35-7-6-32)21(34)20(17)33/h4-5,9,14,16-18,20-21,32-34H,3,6-8,10-11H2,1-2H3,(H,26,27,28)/t14-,16+,17+,18-,20-,21+/m0/s1/i3D2,8D2,11D2,16D,17D,18D,20D,21D. The number of benzene rings is 1. The number of hydrogen-bond donors (Lipinski definition) is 4. The molecule has 194 valence electrons. The van der Waals surface area contributed by atoms with Crippen LogP contribution >= 0.6 is 11.8 Å². The zero-order valence-corrected chi connectivity index (χ0v) is 20.0. The molecule has 0 amide bonds. The van der Waals surface area contributed by atoms with E-state index in [-0.39, 0.29) is 28.7 Å². The van der Waals surface area contributed by atoms with E-state index in [4.69, 9.17) is 19.8 Å². The van der Waals surface area contributed by atoms with Crippen LogP contribution in [0.1, 0.15) is 64.2 Å². The Morgan fingerprint density at radius 3 is 2.94 bits per heavy atom. The van der Waals surface area contributed by atoms with Crippen molar-refractivity contribution in [2.45, 2.75) is 74.4 Å². The van der Waals surface area contributed by atoms with Crippen molar-refractivity contribution in [3.63, 3.8) is 0 Å². The van der Waals surface area contributed by atoms with Gasteiger partial charge in [0.15, 0.2) is 22.1 Å². The lowest BCUT2D eigenvalue weighted by atomic mass is 10.1. The predicted molar refractivity (Wildman–Crippen MR) is 133 cm³/mol. The number of rotatable bonds is 10. The first-order valence-corrected chi connectivity index (χ1v) is 11.7. The van der Waals surface area contributed by atoms with E-state index in [1.807, 2.05) is 0 Å². The minimum absolute atomic E-state index is 0.128. The van der Waals surface area contributed by atoms with Crippen molar-refractivity contribution in [2.24, 2.45) is 0 Å². The zero-order chi connectivity index (χ0) is 35.4. The maximum atomic E-state index is 14.3. The second-order valence-electron chi connectivity index (χ2n) is 7.97. The molecule has 12 heteroatoms. The average Bonchev–Trinajstić information content (AvgIpc) is 3.40. The molecule has 6 atom stereocenters. The third-order valence-electron chi connectivity index (χ3n) is 5.53. The summed E-state index contributed by atoms with van der Waals surface area (Å²) >= 11 is 0.169. The summed E-state index contributed by atoms with van der Waals surface area (Å²) in [6.45, 7) is 0.877. The number of fused-ring (bicyclic) bond motifs is 1. The second-order valence-corrected chi connectivity index (χ2v) is 8.74. The van der Waals surface area contributed by atoms with E-state index >= 15 is 0 Å². The number of thioether (sulfide) groups is 1. The molecule has 10 nitrogen and oxygen atoms in total. The molecule has 1 aromatic carbocycles. The molecule has 36 heavy (non-hydrogen) atoms. The number of nitrogens with zero attached hydrogens (tertiary/aromatic N) is 5. The number of hydrogen-bond acceptors (Lipinski definition) is 10. The first kappa shape index (κ1) is 15.1. The second kappa shape index (κ2) is 10.5. The molecule has 0 saturated heterocycles. The Labute approximate surface area is 227 Å². The molecule has 0 unspecified atom stereocenters. The Kier molecular flexibility index (Phi) is 4.43. The number of aromatic nitrogens is 5. The van der Waals surface area contributed by atoms with E-state index in [2.05, 4.69) is 25.6 Å². The van der Waals surface area contributed by atoms with Crippen molar-refractivity contribution in [1.29, 1.82) is 0 Å². The van der Waals surface area contributed by atoms with E-state index in [1.54, 1.807) is 19.1 Å². The van der Waals surface area contributed by atoms with Gasteiger partial charge in [-0.15, -0.1) is 5.10 Å². The normalized spacial score (nSPS) is 44.5. The molecule has 2 aliphatic carbocycles. The highest BCUT2D eigenvalue weighted by Crippen LogP contribution is 2.44. The number of nitrogens with one attached hydrogen (secondary N) is 1. The summed E-state index contributed by atoms with van der Waals surface area (Å²) in [6, 6.07) is -0.754. The van der Waals surface area contributed by atoms with E-state index in [0.29, 0.717) is 11.1 Å². The molecule has 2 saturated carbocycles. The van der Waals surface area contributed by atoms with Crippen molar-refractivity contribution in [1.82, 2.24) is 25.0 Å². The fourth-order valence-electron chi connectivity index (χ4n) is 3.62. The molecule has 5 rings (SSSR count). The molecule has 0 bridgehead atoms. The summed E-state index contributed by atoms with van der Waals surface area (Å²) in [4.78, 5) is 8.29. The lowest BCUT2D eigenvalue weighted by Gasteiger charge is -2.17. The minimum Gasteiger partial charge on any atom is -0.394 e. The van der Waals surface area contributed by atoms with Crippen molar-refractivity contribution in [3.05, 3.63) is 35.1 Å². The van der Waals surface area contributed by atoms with Crippen LogP contribution < -0.4 is 5.32 Å². The predicted octanol–water partition coefficient (Wildman–Crippen LogP) is 2.18. The summed E-state index contributed by atoms with van der Waals surface area (Å²) in [5.41, 5.74) is -2.94. The van der Waals surface area contributed by atoms with Gasteiger partial charge in [0.1, 0.15) is 18.0 Å². The first-order valence-electron chi connectivity index (χ1n) is 16.4. The van der Waals surface area contributed by atoms with Crippen LogP contribution in [0, 0.1) is 12.7 Å². The van der Waals surface area contributed by atoms with Gasteiger partial charge in [0, 0.05) is 32.2 Å². The molecule has 2 aliphatic rings. The number of halogens is 1. The van der Waals surface area contributed by atoms with Gasteiger partial charge in [0.2, 0.25) is 0 Å². The first-order chi connectivity index (χ1) is 21.3. The molecule has 4 N–H and O–H groups in total. The van der Waals surface area contributed by atoms with Crippen molar-refractivity contribution in [2.75, 3.05) is 24.2 Å². The SMILES string of the molecule is [2H]C([2H])(C)C([2H])([2H])Sc1nc(N[C@]2([2H])C[C@H]2c2ccc(C)c(F)c2)c2nnn([C@]3([2H])C([2H])([2H])[C@]([2H])(OCCO)[C@@]([2H])(O)[C@@]3([2H])O)c2n1. The highest BCUT2D eigenvalue weighted by atomic mass is 32.2. The summed E-state index contributed by atoms with van der Waals surface area (Å²) in [7, 11) is 0. The smallest absolute Gasteiger partial charge is 0.191 e. The van der Waals surface area contributed by atoms with Crippen LogP contribution in [0.3, 0.4) is 0 Å². The third-order valence-corrected chi connectivity index (χ3v) is 6.20. The van der Waals surface area contributed by atoms with Crippen LogP contribution in [0.2, 0.25) is 0 Å². The Balaban J connectivity index is 1.69. The number of aliphatic hydroxyl groups excluding tert-OH is 1. The molecule has 3 aromatic rings. The van der Waals surface area contributed by atoms with Crippen LogP contribution in [-0.4, -0.2) is 83.5 Å². The highest BCUT2D eigenvalue weighted by molar-refractivity contribution is 7.99. The Morgan fingerprint density at radius 2 is 2.19 bits per heavy atom. The lowest BCUT2D eigenvalue weighted by molar-refractivity contribution is -0.0629. The van der Waals surface area contributed by atoms with Crippen LogP contribution in [0.15, 0.2) is 23.4 Å². The van der Waals surface area contributed by atoms with Crippen molar-refractivity contribution < 1.29 is 39.5 Å². The molecule has 2 aromatic heterocycles. The summed E-state index contributed by atoms with van der Waals surface area (Å²) in [5.74, 6) is -1.41. The molecule has 0 radical (unpaired) electrons. The highest BCUT2D eigenvalue weighted by Gasteiger charge is 2.45. The fraction of sp³-hybridized carbons (Fsp3) is 0.583. The van der Waals surface area contributed by atoms with E-state index in [0.717, 1.165) is 6.92 Å². The van der Waals surface area contributed by atoms with Crippen molar-refractivity contribution in [3.8, 4) is 0 Å². The Hall–Kier alpha value is -2.38. The number of aryl methyl sites for hydroxylation is 1. The van der Waals surface area contributed by atoms with Crippen LogP contribution in [0.5, 0.6) is 0 Å². The zero-order valence-electron chi connectivity index (χ0n) is 30.2. The fourth-order valence-corrected chi connectivity index (χ4v) is 4.08. The van der Waals surface area contributed by atoms with Crippen LogP contribution in [0.25, 0.3) is 11.2 Å². The van der Waals surface area contributed by atoms with Gasteiger partial charge in [-0.05, 0) is 36.9 Å². The molecular weight excluding hydrogens is 487 g/mol. The summed E-state index contributed by atoms with van der Waals surface area (Å²) < 4.78 is 112. The quantitative estimate of drug-likeness (QED) is 0.228. The topological polar surface area (TPSA) is 138 Å². The van der Waals surface area contributed by atoms with Gasteiger partial charge in [-0.3, -0.25) is 0 Å². The van der Waals surface area contributed by atoms with Gasteiger partial charge >= 0.3 is 0 Å². The van der Waals surface area contributed by atoms with Gasteiger partial charge in [-0.25, -0.2) is 19.0 Å². The van der Waals surface area contributed by atoms with Crippen molar-refractivity contribution >= 4 is 28.7 Å². The van der Waals surface area contributed by atoms with Crippen LogP contribution in [0.4, 0.5) is 10.2 Å². The monoisotopic (exact) mass is 529 g/mol. The number of anilines is 1. The van der Waals surface area contributed by atoms with Gasteiger partial charge < -0.3 is 25.4 Å². The molecule has 0 spiro atoms. The van der Waals surface area contributed by atoms with Gasteiger partial charge in [0.05, 0.1) is 32.2 Å². The van der Waals surface area contributed by atoms with Gasteiger partial charge in [0.25, 0.3) is 0 Å². The Morgan fingerprint density at radius 1 is 1.36 bits per heavy atom. The minimum atomic E-state index is -3.96. The maximum Gasteiger partial charge on any atom is 0.191 e. The summed E-state index contributed by atoms with van der Waals surface area (Å²) in [6.07, 6.45) is -17.5. The van der Waals surface area contributed by atoms with E-state index in [9.17, 15) is 19.7 Å². The molecule has 2 heterocycles. The van der Waals surface area contributed by atoms with E-state index < -0.39 is 90.0 Å². The van der Waals surface area contributed by atoms with Gasteiger partial charge in [-0.1, -0.05) is 36.0 Å². The molecular formula is C24H31FN6O4S. The maximum absolute atomic E-state index is 14.3.